The number of hydrogen-bond donors (Lipinski definition) is 0. The van der Waals surface area contributed by atoms with E-state index >= 15 is 0 Å². The van der Waals surface area contributed by atoms with E-state index in [4.69, 9.17) is 19.5 Å². The fraction of sp³-hybridized carbons (Fsp3) is 0.385. The molecule has 2 atom stereocenters. The lowest BCUT2D eigenvalue weighted by molar-refractivity contribution is -0.144. The maximum Gasteiger partial charge on any atom is 0.338 e. The number of esters is 1. The molecular weight excluding hydrogens is 234 g/mol. The Morgan fingerprint density at radius 2 is 2.33 bits per heavy atom. The van der Waals surface area contributed by atoms with Crippen LogP contribution in [0.15, 0.2) is 18.2 Å². The smallest absolute Gasteiger partial charge is 0.338 e. The first-order chi connectivity index (χ1) is 8.71. The van der Waals surface area contributed by atoms with Gasteiger partial charge in [-0.15, -0.1) is 0 Å². The zero-order valence-corrected chi connectivity index (χ0v) is 10.2. The van der Waals surface area contributed by atoms with Crippen LogP contribution in [0.25, 0.3) is 0 Å². The summed E-state index contributed by atoms with van der Waals surface area (Å²) >= 11 is 0. The highest BCUT2D eigenvalue weighted by Crippen LogP contribution is 2.41. The first-order valence-electron chi connectivity index (χ1n) is 5.61. The molecule has 0 unspecified atom stereocenters. The minimum atomic E-state index is -0.539. The molecule has 1 saturated heterocycles. The van der Waals surface area contributed by atoms with Crippen molar-refractivity contribution < 1.29 is 19.0 Å². The predicted octanol–water partition coefficient (Wildman–Crippen LogP) is 1.57. The van der Waals surface area contributed by atoms with Gasteiger partial charge in [0.15, 0.2) is 6.10 Å². The molecule has 94 valence electrons. The number of benzene rings is 1. The summed E-state index contributed by atoms with van der Waals surface area (Å²) in [5.74, 6) is 0.124. The van der Waals surface area contributed by atoms with Crippen LogP contribution in [-0.2, 0) is 14.3 Å². The van der Waals surface area contributed by atoms with Gasteiger partial charge in [-0.1, -0.05) is 6.07 Å². The summed E-state index contributed by atoms with van der Waals surface area (Å²) in [6.07, 6.45) is -0.840. The van der Waals surface area contributed by atoms with Crippen LogP contribution in [0.1, 0.15) is 24.2 Å². The summed E-state index contributed by atoms with van der Waals surface area (Å²) in [7, 11) is 1.50. The molecule has 1 aliphatic rings. The number of ether oxygens (including phenoxy) is 3. The number of carbonyl (C=O) groups is 1. The number of methoxy groups -OCH3 is 1. The molecule has 1 aromatic carbocycles. The zero-order chi connectivity index (χ0) is 13.1. The molecule has 0 spiro atoms. The highest BCUT2D eigenvalue weighted by Gasteiger charge is 2.47. The SMILES string of the molecule is CCOC(=O)[C@H]1O[C@H]1c1ccc(C#N)c(OC)c1. The number of rotatable bonds is 4. The van der Waals surface area contributed by atoms with Gasteiger partial charge in [-0.2, -0.15) is 5.26 Å². The number of epoxide rings is 1. The predicted molar refractivity (Wildman–Crippen MR) is 62.0 cm³/mol. The van der Waals surface area contributed by atoms with E-state index in [0.717, 1.165) is 5.56 Å². The summed E-state index contributed by atoms with van der Waals surface area (Å²) in [4.78, 5) is 11.4. The maximum absolute atomic E-state index is 11.4. The molecule has 1 aliphatic heterocycles. The van der Waals surface area contributed by atoms with E-state index in [0.29, 0.717) is 17.9 Å². The lowest BCUT2D eigenvalue weighted by Gasteiger charge is -2.04. The Morgan fingerprint density at radius 3 is 2.94 bits per heavy atom. The van der Waals surface area contributed by atoms with Gasteiger partial charge in [0.05, 0.1) is 19.3 Å². The van der Waals surface area contributed by atoms with Gasteiger partial charge >= 0.3 is 5.97 Å². The van der Waals surface area contributed by atoms with Crippen molar-refractivity contribution in [1.29, 1.82) is 5.26 Å². The largest absolute Gasteiger partial charge is 0.495 e. The van der Waals surface area contributed by atoms with Crippen molar-refractivity contribution in [3.8, 4) is 11.8 Å². The summed E-state index contributed by atoms with van der Waals surface area (Å²) in [5.41, 5.74) is 1.26. The molecule has 0 radical (unpaired) electrons. The summed E-state index contributed by atoms with van der Waals surface area (Å²) < 4.78 is 15.3. The quantitative estimate of drug-likeness (QED) is 0.596. The van der Waals surface area contributed by atoms with Crippen molar-refractivity contribution >= 4 is 5.97 Å². The fourth-order valence-electron chi connectivity index (χ4n) is 1.75. The van der Waals surface area contributed by atoms with Crippen LogP contribution in [0.3, 0.4) is 0 Å². The van der Waals surface area contributed by atoms with Crippen molar-refractivity contribution in [3.63, 3.8) is 0 Å². The monoisotopic (exact) mass is 247 g/mol. The molecule has 5 heteroatoms. The highest BCUT2D eigenvalue weighted by atomic mass is 16.6. The second-order valence-corrected chi connectivity index (χ2v) is 3.80. The Bertz CT molecular complexity index is 506. The van der Waals surface area contributed by atoms with E-state index in [9.17, 15) is 4.79 Å². The molecule has 0 bridgehead atoms. The Balaban J connectivity index is 2.13. The number of nitrogens with zero attached hydrogens (tertiary/aromatic N) is 1. The van der Waals surface area contributed by atoms with Crippen LogP contribution < -0.4 is 4.74 Å². The molecular formula is C13H13NO4. The van der Waals surface area contributed by atoms with E-state index in [1.807, 2.05) is 6.07 Å². The van der Waals surface area contributed by atoms with Crippen LogP contribution in [0.5, 0.6) is 5.75 Å². The molecule has 0 aromatic heterocycles. The molecule has 1 aromatic rings. The van der Waals surface area contributed by atoms with Gasteiger partial charge in [0.1, 0.15) is 17.9 Å². The Labute approximate surface area is 105 Å². The highest BCUT2D eigenvalue weighted by molar-refractivity contribution is 5.78. The molecule has 18 heavy (non-hydrogen) atoms. The third-order valence-corrected chi connectivity index (χ3v) is 2.69. The normalized spacial score (nSPS) is 20.9. The average Bonchev–Trinajstić information content (AvgIpc) is 3.18. The molecule has 1 fully saturated rings. The van der Waals surface area contributed by atoms with Crippen molar-refractivity contribution in [1.82, 2.24) is 0 Å². The minimum Gasteiger partial charge on any atom is -0.495 e. The van der Waals surface area contributed by atoms with Crippen LogP contribution in [0, 0.1) is 11.3 Å². The lowest BCUT2D eigenvalue weighted by Crippen LogP contribution is -2.11. The molecule has 0 aliphatic carbocycles. The third-order valence-electron chi connectivity index (χ3n) is 2.69. The Hall–Kier alpha value is -2.06. The summed E-state index contributed by atoms with van der Waals surface area (Å²) in [6.45, 7) is 2.09. The van der Waals surface area contributed by atoms with Gasteiger partial charge in [-0.3, -0.25) is 0 Å². The Kier molecular flexibility index (Phi) is 3.49. The summed E-state index contributed by atoms with van der Waals surface area (Å²) in [6, 6.07) is 7.15. The van der Waals surface area contributed by atoms with Crippen LogP contribution in [-0.4, -0.2) is 25.8 Å². The van der Waals surface area contributed by atoms with Crippen molar-refractivity contribution in [2.45, 2.75) is 19.1 Å². The van der Waals surface area contributed by atoms with Gasteiger partial charge in [0.2, 0.25) is 0 Å². The fourth-order valence-corrected chi connectivity index (χ4v) is 1.75. The zero-order valence-electron chi connectivity index (χ0n) is 10.2. The standard InChI is InChI=1S/C13H13NO4/c1-3-17-13(15)12-11(18-12)8-4-5-9(7-14)10(6-8)16-2/h4-6,11-12H,3H2,1-2H3/t11-,12-/m0/s1. The van der Waals surface area contributed by atoms with Gasteiger partial charge in [-0.05, 0) is 24.6 Å². The van der Waals surface area contributed by atoms with Crippen molar-refractivity contribution in [2.75, 3.05) is 13.7 Å². The molecule has 0 saturated carbocycles. The van der Waals surface area contributed by atoms with Gasteiger partial charge in [0, 0.05) is 0 Å². The van der Waals surface area contributed by atoms with Crippen LogP contribution in [0.2, 0.25) is 0 Å². The number of hydrogen-bond acceptors (Lipinski definition) is 5. The topological polar surface area (TPSA) is 71.8 Å². The van der Waals surface area contributed by atoms with E-state index in [1.165, 1.54) is 7.11 Å². The van der Waals surface area contributed by atoms with Crippen LogP contribution >= 0.6 is 0 Å². The minimum absolute atomic E-state index is 0.300. The first-order valence-corrected chi connectivity index (χ1v) is 5.61. The van der Waals surface area contributed by atoms with E-state index in [-0.39, 0.29) is 12.1 Å². The molecule has 0 N–H and O–H groups in total. The van der Waals surface area contributed by atoms with E-state index in [1.54, 1.807) is 25.1 Å². The third kappa shape index (κ3) is 2.29. The maximum atomic E-state index is 11.4. The van der Waals surface area contributed by atoms with Gasteiger partial charge in [0.25, 0.3) is 0 Å². The summed E-state index contributed by atoms with van der Waals surface area (Å²) in [5, 5.41) is 8.87. The molecule has 5 nitrogen and oxygen atoms in total. The van der Waals surface area contributed by atoms with E-state index < -0.39 is 6.10 Å². The lowest BCUT2D eigenvalue weighted by atomic mass is 10.1. The second kappa shape index (κ2) is 5.07. The van der Waals surface area contributed by atoms with Gasteiger partial charge in [-0.25, -0.2) is 4.79 Å². The number of nitriles is 1. The van der Waals surface area contributed by atoms with E-state index in [2.05, 4.69) is 0 Å². The first kappa shape index (κ1) is 12.4. The Morgan fingerprint density at radius 1 is 1.56 bits per heavy atom. The second-order valence-electron chi connectivity index (χ2n) is 3.80. The average molecular weight is 247 g/mol. The molecule has 2 rings (SSSR count). The van der Waals surface area contributed by atoms with Crippen LogP contribution in [0.4, 0.5) is 0 Å². The molecule has 1 heterocycles. The molecule has 0 amide bonds. The van der Waals surface area contributed by atoms with Crippen molar-refractivity contribution in [2.24, 2.45) is 0 Å². The number of carbonyl (C=O) groups excluding carboxylic acids is 1. The van der Waals surface area contributed by atoms with Gasteiger partial charge < -0.3 is 14.2 Å². The van der Waals surface area contributed by atoms with Crippen molar-refractivity contribution in [3.05, 3.63) is 29.3 Å².